The second-order valence-corrected chi connectivity index (χ2v) is 4.27. The van der Waals surface area contributed by atoms with Crippen LogP contribution in [0.5, 0.6) is 0 Å². The zero-order valence-electron chi connectivity index (χ0n) is 10.4. The van der Waals surface area contributed by atoms with Crippen molar-refractivity contribution in [2.24, 2.45) is 0 Å². The van der Waals surface area contributed by atoms with Crippen LogP contribution in [0.15, 0.2) is 18.2 Å². The molecular weight excluding hydrogens is 241 g/mol. The normalized spacial score (nSPS) is 11.1. The van der Waals surface area contributed by atoms with Gasteiger partial charge in [-0.3, -0.25) is 14.9 Å². The first kappa shape index (κ1) is 14.1. The van der Waals surface area contributed by atoms with Gasteiger partial charge in [0.15, 0.2) is 0 Å². The van der Waals surface area contributed by atoms with Crippen LogP contribution in [-0.4, -0.2) is 17.5 Å². The number of nitro benzene ring substituents is 1. The number of carbonyl (C=O) groups is 1. The van der Waals surface area contributed by atoms with Gasteiger partial charge in [-0.05, 0) is 26.8 Å². The standard InChI is InChI=1S/C12H14FNO4/c1-4-18-11(15)12(2,3)9-6-5-8(14(16)17)7-10(9)13/h5-7H,4H2,1-3H3. The van der Waals surface area contributed by atoms with Crippen molar-refractivity contribution in [1.29, 1.82) is 0 Å². The number of esters is 1. The number of hydrogen-bond acceptors (Lipinski definition) is 4. The minimum Gasteiger partial charge on any atom is -0.465 e. The van der Waals surface area contributed by atoms with E-state index in [-0.39, 0.29) is 17.9 Å². The van der Waals surface area contributed by atoms with Crippen LogP contribution in [0.4, 0.5) is 10.1 Å². The van der Waals surface area contributed by atoms with Crippen LogP contribution in [0.2, 0.25) is 0 Å². The Bertz CT molecular complexity index is 485. The zero-order valence-corrected chi connectivity index (χ0v) is 10.4. The van der Waals surface area contributed by atoms with E-state index in [2.05, 4.69) is 0 Å². The Labute approximate surface area is 104 Å². The molecule has 0 atom stereocenters. The molecule has 5 nitrogen and oxygen atoms in total. The third-order valence-electron chi connectivity index (χ3n) is 2.62. The topological polar surface area (TPSA) is 69.4 Å². The predicted molar refractivity (Wildman–Crippen MR) is 62.7 cm³/mol. The summed E-state index contributed by atoms with van der Waals surface area (Å²) < 4.78 is 18.6. The summed E-state index contributed by atoms with van der Waals surface area (Å²) in [4.78, 5) is 21.5. The number of ether oxygens (including phenoxy) is 1. The van der Waals surface area contributed by atoms with E-state index in [1.165, 1.54) is 26.0 Å². The fraction of sp³-hybridized carbons (Fsp3) is 0.417. The molecule has 0 bridgehead atoms. The Balaban J connectivity index is 3.17. The molecule has 6 heteroatoms. The van der Waals surface area contributed by atoms with Gasteiger partial charge in [-0.2, -0.15) is 0 Å². The second-order valence-electron chi connectivity index (χ2n) is 4.27. The Morgan fingerprint density at radius 3 is 2.56 bits per heavy atom. The highest BCUT2D eigenvalue weighted by Gasteiger charge is 2.34. The summed E-state index contributed by atoms with van der Waals surface area (Å²) in [6.45, 7) is 4.86. The van der Waals surface area contributed by atoms with E-state index < -0.39 is 22.1 Å². The maximum atomic E-state index is 13.8. The van der Waals surface area contributed by atoms with Crippen LogP contribution in [0.1, 0.15) is 26.3 Å². The van der Waals surface area contributed by atoms with E-state index in [0.29, 0.717) is 0 Å². The van der Waals surface area contributed by atoms with Gasteiger partial charge in [0.25, 0.3) is 5.69 Å². The molecule has 0 amide bonds. The van der Waals surface area contributed by atoms with Crippen LogP contribution in [0, 0.1) is 15.9 Å². The van der Waals surface area contributed by atoms with E-state index >= 15 is 0 Å². The fourth-order valence-electron chi connectivity index (χ4n) is 1.55. The monoisotopic (exact) mass is 255 g/mol. The summed E-state index contributed by atoms with van der Waals surface area (Å²) in [6.07, 6.45) is 0. The molecule has 0 aliphatic heterocycles. The quantitative estimate of drug-likeness (QED) is 0.471. The molecule has 0 aliphatic carbocycles. The van der Waals surface area contributed by atoms with E-state index in [0.717, 1.165) is 6.07 Å². The number of nitro groups is 1. The Morgan fingerprint density at radius 1 is 1.50 bits per heavy atom. The number of carbonyl (C=O) groups excluding carboxylic acids is 1. The Hall–Kier alpha value is -1.98. The Morgan fingerprint density at radius 2 is 2.11 bits per heavy atom. The van der Waals surface area contributed by atoms with Crippen molar-refractivity contribution in [2.45, 2.75) is 26.2 Å². The summed E-state index contributed by atoms with van der Waals surface area (Å²) >= 11 is 0. The smallest absolute Gasteiger partial charge is 0.316 e. The molecule has 0 saturated carbocycles. The highest BCUT2D eigenvalue weighted by atomic mass is 19.1. The molecule has 98 valence electrons. The number of rotatable bonds is 4. The molecule has 0 heterocycles. The van der Waals surface area contributed by atoms with Gasteiger partial charge in [0.2, 0.25) is 0 Å². The molecule has 0 radical (unpaired) electrons. The van der Waals surface area contributed by atoms with Crippen molar-refractivity contribution >= 4 is 11.7 Å². The van der Waals surface area contributed by atoms with Crippen LogP contribution >= 0.6 is 0 Å². The molecule has 1 aromatic carbocycles. The van der Waals surface area contributed by atoms with Crippen LogP contribution in [-0.2, 0) is 14.9 Å². The van der Waals surface area contributed by atoms with Gasteiger partial charge >= 0.3 is 5.97 Å². The zero-order chi connectivity index (χ0) is 13.9. The first-order valence-electron chi connectivity index (χ1n) is 5.42. The van der Waals surface area contributed by atoms with Crippen molar-refractivity contribution in [2.75, 3.05) is 6.61 Å². The van der Waals surface area contributed by atoms with Crippen molar-refractivity contribution in [3.63, 3.8) is 0 Å². The first-order valence-corrected chi connectivity index (χ1v) is 5.42. The number of nitrogens with zero attached hydrogens (tertiary/aromatic N) is 1. The molecule has 0 fully saturated rings. The number of benzene rings is 1. The highest BCUT2D eigenvalue weighted by molar-refractivity contribution is 5.82. The molecule has 18 heavy (non-hydrogen) atoms. The molecule has 0 aromatic heterocycles. The summed E-state index contributed by atoms with van der Waals surface area (Å²) in [6, 6.07) is 3.21. The van der Waals surface area contributed by atoms with Crippen molar-refractivity contribution in [3.8, 4) is 0 Å². The van der Waals surface area contributed by atoms with E-state index in [1.807, 2.05) is 0 Å². The third kappa shape index (κ3) is 2.64. The fourth-order valence-corrected chi connectivity index (χ4v) is 1.55. The number of hydrogen-bond donors (Lipinski definition) is 0. The molecule has 0 aliphatic rings. The molecule has 0 spiro atoms. The molecule has 1 rings (SSSR count). The molecule has 0 saturated heterocycles. The Kier molecular flexibility index (Phi) is 4.00. The van der Waals surface area contributed by atoms with Crippen LogP contribution in [0.25, 0.3) is 0 Å². The summed E-state index contributed by atoms with van der Waals surface area (Å²) in [7, 11) is 0. The second kappa shape index (κ2) is 5.12. The lowest BCUT2D eigenvalue weighted by Gasteiger charge is -2.23. The molecular formula is C12H14FNO4. The molecule has 0 unspecified atom stereocenters. The molecule has 1 aromatic rings. The van der Waals surface area contributed by atoms with Gasteiger partial charge in [0.05, 0.1) is 23.0 Å². The maximum Gasteiger partial charge on any atom is 0.316 e. The average molecular weight is 255 g/mol. The van der Waals surface area contributed by atoms with E-state index in [9.17, 15) is 19.3 Å². The van der Waals surface area contributed by atoms with Crippen LogP contribution in [0.3, 0.4) is 0 Å². The number of halogens is 1. The minimum absolute atomic E-state index is 0.0755. The summed E-state index contributed by atoms with van der Waals surface area (Å²) in [5.74, 6) is -1.36. The lowest BCUT2D eigenvalue weighted by molar-refractivity contribution is -0.385. The highest BCUT2D eigenvalue weighted by Crippen LogP contribution is 2.29. The molecule has 0 N–H and O–H groups in total. The van der Waals surface area contributed by atoms with Gasteiger partial charge < -0.3 is 4.74 Å². The third-order valence-corrected chi connectivity index (χ3v) is 2.62. The predicted octanol–water partition coefficient (Wildman–Crippen LogP) is 2.57. The van der Waals surface area contributed by atoms with Gasteiger partial charge in [-0.15, -0.1) is 0 Å². The van der Waals surface area contributed by atoms with Gasteiger partial charge in [0.1, 0.15) is 5.82 Å². The van der Waals surface area contributed by atoms with Gasteiger partial charge in [0, 0.05) is 11.6 Å². The summed E-state index contributed by atoms with van der Waals surface area (Å²) in [5, 5.41) is 10.5. The summed E-state index contributed by atoms with van der Waals surface area (Å²) in [5.41, 5.74) is -1.46. The van der Waals surface area contributed by atoms with Crippen LogP contribution < -0.4 is 0 Å². The minimum atomic E-state index is -1.19. The largest absolute Gasteiger partial charge is 0.465 e. The SMILES string of the molecule is CCOC(=O)C(C)(C)c1ccc([N+](=O)[O-])cc1F. The van der Waals surface area contributed by atoms with E-state index in [1.54, 1.807) is 6.92 Å². The van der Waals surface area contributed by atoms with Gasteiger partial charge in [-0.25, -0.2) is 4.39 Å². The number of non-ortho nitro benzene ring substituents is 1. The van der Waals surface area contributed by atoms with Crippen molar-refractivity contribution in [1.82, 2.24) is 0 Å². The maximum absolute atomic E-state index is 13.8. The van der Waals surface area contributed by atoms with Crippen molar-refractivity contribution < 1.29 is 18.8 Å². The average Bonchev–Trinajstić information content (AvgIpc) is 2.28. The first-order chi connectivity index (χ1) is 8.30. The lowest BCUT2D eigenvalue weighted by Crippen LogP contribution is -2.32. The van der Waals surface area contributed by atoms with Gasteiger partial charge in [-0.1, -0.05) is 0 Å². The lowest BCUT2D eigenvalue weighted by atomic mass is 9.84. The van der Waals surface area contributed by atoms with Crippen molar-refractivity contribution in [3.05, 3.63) is 39.7 Å². The van der Waals surface area contributed by atoms with E-state index in [4.69, 9.17) is 4.74 Å².